The van der Waals surface area contributed by atoms with E-state index in [0.717, 1.165) is 5.56 Å². The normalized spacial score (nSPS) is 10.7. The minimum absolute atomic E-state index is 0.186. The van der Waals surface area contributed by atoms with Gasteiger partial charge in [0, 0.05) is 6.07 Å². The number of hydrogen-bond donors (Lipinski definition) is 1. The number of hydrogen-bond acceptors (Lipinski definition) is 5. The number of benzene rings is 3. The smallest absolute Gasteiger partial charge is 0.283 e. The van der Waals surface area contributed by atoms with Crippen LogP contribution in [0.1, 0.15) is 29.9 Å². The van der Waals surface area contributed by atoms with Gasteiger partial charge in [0.2, 0.25) is 0 Å². The molecule has 1 heterocycles. The highest BCUT2D eigenvalue weighted by Gasteiger charge is 2.20. The van der Waals surface area contributed by atoms with Gasteiger partial charge in [-0.2, -0.15) is 0 Å². The molecule has 0 aliphatic rings. The van der Waals surface area contributed by atoms with Crippen LogP contribution in [0.3, 0.4) is 0 Å². The van der Waals surface area contributed by atoms with E-state index in [2.05, 4.69) is 10.3 Å². The fourth-order valence-electron chi connectivity index (χ4n) is 3.59. The average molecular weight is 444 g/mol. The molecular formula is C26H25N3O4. The molecule has 0 aliphatic heterocycles. The van der Waals surface area contributed by atoms with Crippen molar-refractivity contribution in [2.24, 2.45) is 0 Å². The Hall–Kier alpha value is -4.13. The lowest BCUT2D eigenvalue weighted by molar-refractivity contribution is 0.102. The molecule has 1 aromatic heterocycles. The molecule has 1 amide bonds. The third-order valence-corrected chi connectivity index (χ3v) is 5.06. The van der Waals surface area contributed by atoms with Crippen molar-refractivity contribution < 1.29 is 14.3 Å². The summed E-state index contributed by atoms with van der Waals surface area (Å²) in [5.74, 6) is 0.464. The fourth-order valence-corrected chi connectivity index (χ4v) is 3.59. The summed E-state index contributed by atoms with van der Waals surface area (Å²) in [4.78, 5) is 31.0. The van der Waals surface area contributed by atoms with Gasteiger partial charge >= 0.3 is 0 Å². The minimum Gasteiger partial charge on any atom is -0.494 e. The predicted molar refractivity (Wildman–Crippen MR) is 128 cm³/mol. The molecular weight excluding hydrogens is 418 g/mol. The van der Waals surface area contributed by atoms with E-state index in [1.165, 1.54) is 0 Å². The number of nitrogens with one attached hydrogen (secondary N) is 1. The summed E-state index contributed by atoms with van der Waals surface area (Å²) in [6.45, 7) is 4.97. The van der Waals surface area contributed by atoms with E-state index in [-0.39, 0.29) is 5.69 Å². The molecule has 0 saturated heterocycles. The average Bonchev–Trinajstić information content (AvgIpc) is 2.83. The fraction of sp³-hybridized carbons (Fsp3) is 0.192. The number of ether oxygens (including phenoxy) is 2. The van der Waals surface area contributed by atoms with Gasteiger partial charge in [-0.05, 0) is 43.7 Å². The number of para-hydroxylation sites is 2. The minimum atomic E-state index is -0.609. The van der Waals surface area contributed by atoms with Crippen LogP contribution in [-0.2, 0) is 6.54 Å². The number of carbonyl (C=O) groups is 1. The van der Waals surface area contributed by atoms with Gasteiger partial charge in [0.25, 0.3) is 11.5 Å². The molecule has 0 bridgehead atoms. The van der Waals surface area contributed by atoms with E-state index >= 15 is 0 Å². The second-order valence-corrected chi connectivity index (χ2v) is 7.30. The van der Waals surface area contributed by atoms with Crippen LogP contribution in [-0.4, -0.2) is 28.7 Å². The van der Waals surface area contributed by atoms with Crippen molar-refractivity contribution in [3.63, 3.8) is 0 Å². The van der Waals surface area contributed by atoms with Crippen molar-refractivity contribution in [1.82, 2.24) is 9.55 Å². The number of carbonyl (C=O) groups excluding carboxylic acids is 1. The Morgan fingerprint density at radius 3 is 2.42 bits per heavy atom. The second-order valence-electron chi connectivity index (χ2n) is 7.30. The van der Waals surface area contributed by atoms with Crippen LogP contribution in [0, 0.1) is 0 Å². The highest BCUT2D eigenvalue weighted by molar-refractivity contribution is 6.04. The third kappa shape index (κ3) is 4.87. The van der Waals surface area contributed by atoms with Crippen LogP contribution in [0.4, 0.5) is 5.69 Å². The van der Waals surface area contributed by atoms with Crippen molar-refractivity contribution in [3.8, 4) is 11.5 Å². The first-order valence-corrected chi connectivity index (χ1v) is 10.8. The molecule has 0 radical (unpaired) electrons. The number of nitrogens with zero attached hydrogens (tertiary/aromatic N) is 2. The Morgan fingerprint density at radius 2 is 1.67 bits per heavy atom. The van der Waals surface area contributed by atoms with Gasteiger partial charge < -0.3 is 19.4 Å². The quantitative estimate of drug-likeness (QED) is 0.434. The number of amides is 1. The van der Waals surface area contributed by atoms with Crippen molar-refractivity contribution in [2.75, 3.05) is 18.5 Å². The van der Waals surface area contributed by atoms with E-state index in [1.807, 2.05) is 62.4 Å². The van der Waals surface area contributed by atoms with E-state index in [0.29, 0.717) is 48.0 Å². The maximum Gasteiger partial charge on any atom is 0.283 e. The Labute approximate surface area is 191 Å². The summed E-state index contributed by atoms with van der Waals surface area (Å²) in [5, 5.41) is 2.79. The van der Waals surface area contributed by atoms with Gasteiger partial charge in [-0.15, -0.1) is 0 Å². The predicted octanol–water partition coefficient (Wildman–Crippen LogP) is 4.49. The molecule has 0 aliphatic carbocycles. The molecule has 0 unspecified atom stereocenters. The summed E-state index contributed by atoms with van der Waals surface area (Å²) < 4.78 is 12.8. The lowest BCUT2D eigenvalue weighted by atomic mass is 10.2. The molecule has 33 heavy (non-hydrogen) atoms. The van der Waals surface area contributed by atoms with Gasteiger partial charge in [-0.25, -0.2) is 4.98 Å². The lowest BCUT2D eigenvalue weighted by Gasteiger charge is -2.15. The molecule has 3 aromatic carbocycles. The second kappa shape index (κ2) is 9.99. The topological polar surface area (TPSA) is 82.4 Å². The Kier molecular flexibility index (Phi) is 6.69. The summed E-state index contributed by atoms with van der Waals surface area (Å²) in [7, 11) is 0. The Bertz CT molecular complexity index is 1330. The largest absolute Gasteiger partial charge is 0.494 e. The molecule has 4 rings (SSSR count). The first-order valence-electron chi connectivity index (χ1n) is 10.8. The van der Waals surface area contributed by atoms with Crippen LogP contribution in [0.2, 0.25) is 0 Å². The van der Waals surface area contributed by atoms with Gasteiger partial charge in [0.05, 0.1) is 36.5 Å². The first kappa shape index (κ1) is 22.1. The molecule has 168 valence electrons. The highest BCUT2D eigenvalue weighted by atomic mass is 16.5. The maximum atomic E-state index is 13.4. The molecule has 4 aromatic rings. The van der Waals surface area contributed by atoms with Crippen LogP contribution in [0.15, 0.2) is 77.6 Å². The number of rotatable bonds is 8. The number of fused-ring (bicyclic) bond motifs is 1. The van der Waals surface area contributed by atoms with E-state index < -0.39 is 11.5 Å². The van der Waals surface area contributed by atoms with Crippen molar-refractivity contribution in [3.05, 3.63) is 94.4 Å². The molecule has 7 nitrogen and oxygen atoms in total. The summed E-state index contributed by atoms with van der Waals surface area (Å²) in [6.07, 6.45) is 0. The zero-order valence-corrected chi connectivity index (χ0v) is 18.6. The summed E-state index contributed by atoms with van der Waals surface area (Å²) in [5.41, 5.74) is 1.94. The van der Waals surface area contributed by atoms with Crippen molar-refractivity contribution >= 4 is 22.6 Å². The van der Waals surface area contributed by atoms with Crippen molar-refractivity contribution in [1.29, 1.82) is 0 Å². The van der Waals surface area contributed by atoms with Crippen molar-refractivity contribution in [2.45, 2.75) is 20.4 Å². The van der Waals surface area contributed by atoms with E-state index in [1.54, 1.807) is 28.8 Å². The Morgan fingerprint density at radius 1 is 0.939 bits per heavy atom. The van der Waals surface area contributed by atoms with Gasteiger partial charge in [0.15, 0.2) is 5.69 Å². The molecule has 0 fully saturated rings. The van der Waals surface area contributed by atoms with Crippen LogP contribution >= 0.6 is 0 Å². The monoisotopic (exact) mass is 443 g/mol. The molecule has 0 spiro atoms. The molecule has 0 atom stereocenters. The SMILES string of the molecule is CCOc1ccc(OCC)c(NC(=O)c2nc3ccccc3n(Cc3ccccc3)c2=O)c1. The van der Waals surface area contributed by atoms with Gasteiger partial charge in [-0.1, -0.05) is 42.5 Å². The zero-order chi connectivity index (χ0) is 23.2. The highest BCUT2D eigenvalue weighted by Crippen LogP contribution is 2.29. The number of aromatic nitrogens is 2. The summed E-state index contributed by atoms with van der Waals surface area (Å²) >= 11 is 0. The van der Waals surface area contributed by atoms with Crippen LogP contribution in [0.25, 0.3) is 11.0 Å². The summed E-state index contributed by atoms with van der Waals surface area (Å²) in [6, 6.07) is 22.1. The molecule has 0 saturated carbocycles. The van der Waals surface area contributed by atoms with E-state index in [4.69, 9.17) is 9.47 Å². The van der Waals surface area contributed by atoms with E-state index in [9.17, 15) is 9.59 Å². The lowest BCUT2D eigenvalue weighted by Crippen LogP contribution is -2.31. The van der Waals surface area contributed by atoms with Crippen LogP contribution < -0.4 is 20.3 Å². The van der Waals surface area contributed by atoms with Crippen LogP contribution in [0.5, 0.6) is 11.5 Å². The first-order chi connectivity index (χ1) is 16.1. The van der Waals surface area contributed by atoms with Gasteiger partial charge in [-0.3, -0.25) is 9.59 Å². The maximum absolute atomic E-state index is 13.4. The Balaban J connectivity index is 1.76. The third-order valence-electron chi connectivity index (χ3n) is 5.06. The molecule has 7 heteroatoms. The standard InChI is InChI=1S/C26H25N3O4/c1-3-32-19-14-15-23(33-4-2)21(16-19)28-25(30)24-26(31)29(17-18-10-6-5-7-11-18)22-13-9-8-12-20(22)27-24/h5-16H,3-4,17H2,1-2H3,(H,28,30). The van der Waals surface area contributed by atoms with Gasteiger partial charge in [0.1, 0.15) is 11.5 Å². The molecule has 1 N–H and O–H groups in total. The zero-order valence-electron chi connectivity index (χ0n) is 18.6. The number of anilines is 1.